The van der Waals surface area contributed by atoms with Crippen LogP contribution in [0.4, 0.5) is 0 Å². The Morgan fingerprint density at radius 1 is 1.54 bits per heavy atom. The number of aliphatic hydroxyl groups excluding tert-OH is 1. The quantitative estimate of drug-likeness (QED) is 0.848. The Kier molecular flexibility index (Phi) is 3.97. The molecular weight excluding hydrogens is 209 g/mol. The van der Waals surface area contributed by atoms with Crippen LogP contribution in [-0.2, 0) is 0 Å². The van der Waals surface area contributed by atoms with E-state index in [1.165, 1.54) is 6.20 Å². The molecule has 0 bridgehead atoms. The standard InChI is InChI=1S/C9H11Cl2NO/c1-2-3-8(13)9-7(11)4-6(10)5-12-9/h4-5,8,13H,2-3H2,1H3. The Bertz CT molecular complexity index is 291. The third-order valence-corrected chi connectivity index (χ3v) is 2.22. The molecule has 0 aromatic carbocycles. The lowest BCUT2D eigenvalue weighted by atomic mass is 10.1. The number of halogens is 2. The van der Waals surface area contributed by atoms with Gasteiger partial charge in [-0.1, -0.05) is 36.5 Å². The first kappa shape index (κ1) is 10.8. The highest BCUT2D eigenvalue weighted by Crippen LogP contribution is 2.25. The maximum absolute atomic E-state index is 9.60. The lowest BCUT2D eigenvalue weighted by Crippen LogP contribution is -2.00. The maximum Gasteiger partial charge on any atom is 0.0974 e. The fourth-order valence-corrected chi connectivity index (χ4v) is 1.59. The summed E-state index contributed by atoms with van der Waals surface area (Å²) >= 11 is 11.5. The molecule has 0 saturated carbocycles. The van der Waals surface area contributed by atoms with Gasteiger partial charge in [-0.05, 0) is 12.5 Å². The van der Waals surface area contributed by atoms with Crippen LogP contribution in [-0.4, -0.2) is 10.1 Å². The number of nitrogens with zero attached hydrogens (tertiary/aromatic N) is 1. The van der Waals surface area contributed by atoms with E-state index in [1.807, 2.05) is 6.92 Å². The molecule has 0 spiro atoms. The van der Waals surface area contributed by atoms with Gasteiger partial charge in [-0.15, -0.1) is 0 Å². The van der Waals surface area contributed by atoms with Gasteiger partial charge in [-0.3, -0.25) is 4.98 Å². The lowest BCUT2D eigenvalue weighted by molar-refractivity contribution is 0.162. The van der Waals surface area contributed by atoms with Crippen LogP contribution >= 0.6 is 23.2 Å². The van der Waals surface area contributed by atoms with Crippen molar-refractivity contribution in [3.63, 3.8) is 0 Å². The summed E-state index contributed by atoms with van der Waals surface area (Å²) in [5, 5.41) is 10.5. The third-order valence-electron chi connectivity index (χ3n) is 1.71. The highest BCUT2D eigenvalue weighted by molar-refractivity contribution is 6.34. The minimum atomic E-state index is -0.588. The van der Waals surface area contributed by atoms with Crippen LogP contribution in [0, 0.1) is 0 Å². The molecule has 72 valence electrons. The first-order valence-corrected chi connectivity index (χ1v) is 4.89. The molecule has 0 amide bonds. The van der Waals surface area contributed by atoms with Crippen molar-refractivity contribution in [1.29, 1.82) is 0 Å². The average molecular weight is 220 g/mol. The minimum absolute atomic E-state index is 0.424. The molecule has 1 rings (SSSR count). The lowest BCUT2D eigenvalue weighted by Gasteiger charge is -2.09. The van der Waals surface area contributed by atoms with E-state index in [2.05, 4.69) is 4.98 Å². The van der Waals surface area contributed by atoms with E-state index in [0.717, 1.165) is 6.42 Å². The molecule has 0 radical (unpaired) electrons. The van der Waals surface area contributed by atoms with Crippen molar-refractivity contribution in [1.82, 2.24) is 4.98 Å². The maximum atomic E-state index is 9.60. The Hall–Kier alpha value is -0.310. The molecule has 1 atom stereocenters. The zero-order valence-corrected chi connectivity index (χ0v) is 8.81. The second-order valence-corrected chi connectivity index (χ2v) is 3.67. The monoisotopic (exact) mass is 219 g/mol. The van der Waals surface area contributed by atoms with Gasteiger partial charge in [0, 0.05) is 6.20 Å². The molecule has 0 fully saturated rings. The van der Waals surface area contributed by atoms with Crippen LogP contribution in [0.1, 0.15) is 31.6 Å². The van der Waals surface area contributed by atoms with Crippen molar-refractivity contribution >= 4 is 23.2 Å². The van der Waals surface area contributed by atoms with E-state index < -0.39 is 6.10 Å². The number of hydrogen-bond acceptors (Lipinski definition) is 2. The zero-order valence-electron chi connectivity index (χ0n) is 7.30. The molecule has 4 heteroatoms. The van der Waals surface area contributed by atoms with Gasteiger partial charge in [0.2, 0.25) is 0 Å². The van der Waals surface area contributed by atoms with Gasteiger partial charge in [0.25, 0.3) is 0 Å². The third kappa shape index (κ3) is 2.83. The van der Waals surface area contributed by atoms with Gasteiger partial charge >= 0.3 is 0 Å². The number of aliphatic hydroxyl groups is 1. The number of aromatic nitrogens is 1. The molecule has 0 saturated heterocycles. The summed E-state index contributed by atoms with van der Waals surface area (Å²) in [6.07, 6.45) is 2.45. The van der Waals surface area contributed by atoms with E-state index in [0.29, 0.717) is 22.2 Å². The zero-order chi connectivity index (χ0) is 9.84. The van der Waals surface area contributed by atoms with E-state index >= 15 is 0 Å². The Morgan fingerprint density at radius 3 is 2.77 bits per heavy atom. The molecular formula is C9H11Cl2NO. The summed E-state index contributed by atoms with van der Waals surface area (Å²) in [5.41, 5.74) is 0.507. The molecule has 13 heavy (non-hydrogen) atoms. The Labute approximate surface area is 87.5 Å². The Morgan fingerprint density at radius 2 is 2.23 bits per heavy atom. The largest absolute Gasteiger partial charge is 0.387 e. The summed E-state index contributed by atoms with van der Waals surface area (Å²) < 4.78 is 0. The average Bonchev–Trinajstić information content (AvgIpc) is 2.04. The number of hydrogen-bond donors (Lipinski definition) is 1. The second kappa shape index (κ2) is 4.80. The summed E-state index contributed by atoms with van der Waals surface area (Å²) in [5.74, 6) is 0. The predicted octanol–water partition coefficient (Wildman–Crippen LogP) is 3.22. The molecule has 1 heterocycles. The van der Waals surface area contributed by atoms with Crippen molar-refractivity contribution in [2.24, 2.45) is 0 Å². The van der Waals surface area contributed by atoms with Crippen LogP contribution in [0.2, 0.25) is 10.0 Å². The van der Waals surface area contributed by atoms with Crippen LogP contribution < -0.4 is 0 Å². The fourth-order valence-electron chi connectivity index (χ4n) is 1.08. The summed E-state index contributed by atoms with van der Waals surface area (Å²) in [6, 6.07) is 1.59. The summed E-state index contributed by atoms with van der Waals surface area (Å²) in [6.45, 7) is 1.99. The molecule has 1 N–H and O–H groups in total. The molecule has 2 nitrogen and oxygen atoms in total. The number of pyridine rings is 1. The van der Waals surface area contributed by atoms with Crippen LogP contribution in [0.3, 0.4) is 0 Å². The molecule has 1 aromatic heterocycles. The number of rotatable bonds is 3. The summed E-state index contributed by atoms with van der Waals surface area (Å²) in [7, 11) is 0. The van der Waals surface area contributed by atoms with Gasteiger partial charge in [-0.25, -0.2) is 0 Å². The first-order chi connectivity index (χ1) is 6.15. The van der Waals surface area contributed by atoms with Crippen LogP contribution in [0.15, 0.2) is 12.3 Å². The Balaban J connectivity index is 2.88. The molecule has 1 aromatic rings. The summed E-state index contributed by atoms with van der Waals surface area (Å²) in [4.78, 5) is 3.98. The second-order valence-electron chi connectivity index (χ2n) is 2.83. The molecule has 1 unspecified atom stereocenters. The highest BCUT2D eigenvalue weighted by atomic mass is 35.5. The highest BCUT2D eigenvalue weighted by Gasteiger charge is 2.12. The van der Waals surface area contributed by atoms with E-state index in [9.17, 15) is 5.11 Å². The van der Waals surface area contributed by atoms with Crippen molar-refractivity contribution in [3.05, 3.63) is 28.0 Å². The SMILES string of the molecule is CCCC(O)c1ncc(Cl)cc1Cl. The van der Waals surface area contributed by atoms with Crippen molar-refractivity contribution in [3.8, 4) is 0 Å². The van der Waals surface area contributed by atoms with Gasteiger partial charge in [-0.2, -0.15) is 0 Å². The predicted molar refractivity (Wildman–Crippen MR) is 54.1 cm³/mol. The smallest absolute Gasteiger partial charge is 0.0974 e. The van der Waals surface area contributed by atoms with Crippen LogP contribution in [0.5, 0.6) is 0 Å². The van der Waals surface area contributed by atoms with E-state index in [1.54, 1.807) is 6.07 Å². The normalized spacial score (nSPS) is 12.9. The van der Waals surface area contributed by atoms with Gasteiger partial charge in [0.05, 0.1) is 21.8 Å². The molecule has 0 aliphatic rings. The molecule has 0 aliphatic carbocycles. The fraction of sp³-hybridized carbons (Fsp3) is 0.444. The minimum Gasteiger partial charge on any atom is -0.387 e. The van der Waals surface area contributed by atoms with Crippen LogP contribution in [0.25, 0.3) is 0 Å². The topological polar surface area (TPSA) is 33.1 Å². The van der Waals surface area contributed by atoms with Gasteiger partial charge in [0.15, 0.2) is 0 Å². The molecule has 0 aliphatic heterocycles. The van der Waals surface area contributed by atoms with Crippen molar-refractivity contribution in [2.45, 2.75) is 25.9 Å². The van der Waals surface area contributed by atoms with E-state index in [-0.39, 0.29) is 0 Å². The van der Waals surface area contributed by atoms with Gasteiger partial charge < -0.3 is 5.11 Å². The van der Waals surface area contributed by atoms with E-state index in [4.69, 9.17) is 23.2 Å². The van der Waals surface area contributed by atoms with Gasteiger partial charge in [0.1, 0.15) is 0 Å². The van der Waals surface area contributed by atoms with Crippen molar-refractivity contribution < 1.29 is 5.11 Å². The van der Waals surface area contributed by atoms with Crippen molar-refractivity contribution in [2.75, 3.05) is 0 Å². The first-order valence-electron chi connectivity index (χ1n) is 4.14.